The van der Waals surface area contributed by atoms with Crippen molar-refractivity contribution in [3.05, 3.63) is 60.1 Å². The summed E-state index contributed by atoms with van der Waals surface area (Å²) < 4.78 is 2.13. The maximum atomic E-state index is 4.83. The molecule has 126 valence electrons. The zero-order valence-corrected chi connectivity index (χ0v) is 15.2. The number of H-pyrrole nitrogens is 1. The van der Waals surface area contributed by atoms with Crippen molar-refractivity contribution in [2.24, 2.45) is 7.05 Å². The van der Waals surface area contributed by atoms with Gasteiger partial charge < -0.3 is 9.55 Å². The molecule has 4 nitrogen and oxygen atoms in total. The smallest absolute Gasteiger partial charge is 0.114 e. The summed E-state index contributed by atoms with van der Waals surface area (Å²) in [7, 11) is 2.07. The van der Waals surface area contributed by atoms with Gasteiger partial charge in [0.2, 0.25) is 0 Å². The first-order valence-corrected chi connectivity index (χ1v) is 8.47. The van der Waals surface area contributed by atoms with Gasteiger partial charge in [-0.05, 0) is 12.0 Å². The van der Waals surface area contributed by atoms with E-state index in [4.69, 9.17) is 4.98 Å². The summed E-state index contributed by atoms with van der Waals surface area (Å²) >= 11 is 0. The van der Waals surface area contributed by atoms with Crippen LogP contribution in [-0.4, -0.2) is 19.5 Å². The molecule has 0 aliphatic heterocycles. The van der Waals surface area contributed by atoms with Crippen molar-refractivity contribution in [1.29, 1.82) is 0 Å². The SMILES string of the molecule is C[C@@H](Cc1ccc(-c2cn(C)c(C(C)(C)C)n2)cc1)c1ncc[nH]1. The van der Waals surface area contributed by atoms with Gasteiger partial charge in [0.1, 0.15) is 11.6 Å². The van der Waals surface area contributed by atoms with Crippen LogP contribution in [0.5, 0.6) is 0 Å². The third-order valence-corrected chi connectivity index (χ3v) is 4.32. The van der Waals surface area contributed by atoms with E-state index in [1.165, 1.54) is 5.56 Å². The molecule has 1 N–H and O–H groups in total. The summed E-state index contributed by atoms with van der Waals surface area (Å²) in [5, 5.41) is 0. The molecule has 2 heterocycles. The van der Waals surface area contributed by atoms with Crippen molar-refractivity contribution in [1.82, 2.24) is 19.5 Å². The number of nitrogens with zero attached hydrogens (tertiary/aromatic N) is 3. The summed E-state index contributed by atoms with van der Waals surface area (Å²) in [5.74, 6) is 2.53. The monoisotopic (exact) mass is 322 g/mol. The molecular weight excluding hydrogens is 296 g/mol. The Kier molecular flexibility index (Phi) is 4.31. The standard InChI is InChI=1S/C20H26N4/c1-14(18-21-10-11-22-18)12-15-6-8-16(9-7-15)17-13-24(5)19(23-17)20(2,3)4/h6-11,13-14H,12H2,1-5H3,(H,21,22)/t14-/m0/s1. The third-order valence-electron chi connectivity index (χ3n) is 4.32. The van der Waals surface area contributed by atoms with Crippen LogP contribution in [0.2, 0.25) is 0 Å². The molecule has 2 aromatic heterocycles. The first-order chi connectivity index (χ1) is 11.3. The number of aromatic nitrogens is 4. The number of rotatable bonds is 4. The topological polar surface area (TPSA) is 46.5 Å². The Morgan fingerprint density at radius 2 is 1.88 bits per heavy atom. The summed E-state index contributed by atoms with van der Waals surface area (Å²) in [6.07, 6.45) is 6.77. The van der Waals surface area contributed by atoms with E-state index in [0.29, 0.717) is 5.92 Å². The molecule has 3 rings (SSSR count). The maximum Gasteiger partial charge on any atom is 0.114 e. The number of imidazole rings is 2. The normalized spacial score (nSPS) is 13.2. The Hall–Kier alpha value is -2.36. The van der Waals surface area contributed by atoms with Crippen molar-refractivity contribution in [3.8, 4) is 11.3 Å². The van der Waals surface area contributed by atoms with Crippen LogP contribution in [-0.2, 0) is 18.9 Å². The molecule has 0 spiro atoms. The fraction of sp³-hybridized carbons (Fsp3) is 0.400. The van der Waals surface area contributed by atoms with E-state index in [9.17, 15) is 0 Å². The molecular formula is C20H26N4. The first-order valence-electron chi connectivity index (χ1n) is 8.47. The fourth-order valence-electron chi connectivity index (χ4n) is 3.11. The lowest BCUT2D eigenvalue weighted by molar-refractivity contribution is 0.523. The van der Waals surface area contributed by atoms with Crippen molar-refractivity contribution in [2.45, 2.75) is 45.4 Å². The molecule has 24 heavy (non-hydrogen) atoms. The van der Waals surface area contributed by atoms with E-state index in [2.05, 4.69) is 79.7 Å². The molecule has 3 aromatic rings. The van der Waals surface area contributed by atoms with Gasteiger partial charge in [0.25, 0.3) is 0 Å². The van der Waals surface area contributed by atoms with E-state index in [1.807, 2.05) is 12.4 Å². The van der Waals surface area contributed by atoms with Gasteiger partial charge in [0.05, 0.1) is 5.69 Å². The molecule has 0 saturated carbocycles. The molecule has 4 heteroatoms. The molecule has 0 saturated heterocycles. The summed E-state index contributed by atoms with van der Waals surface area (Å²) in [6, 6.07) is 8.72. The van der Waals surface area contributed by atoms with E-state index >= 15 is 0 Å². The van der Waals surface area contributed by atoms with Gasteiger partial charge in [0, 0.05) is 42.5 Å². The minimum Gasteiger partial charge on any atom is -0.348 e. The van der Waals surface area contributed by atoms with Gasteiger partial charge in [-0.3, -0.25) is 0 Å². The maximum absolute atomic E-state index is 4.83. The Balaban J connectivity index is 1.77. The molecule has 1 aromatic carbocycles. The number of aromatic amines is 1. The second-order valence-electron chi connectivity index (χ2n) is 7.59. The van der Waals surface area contributed by atoms with Crippen LogP contribution in [0.25, 0.3) is 11.3 Å². The Morgan fingerprint density at radius 3 is 2.42 bits per heavy atom. The van der Waals surface area contributed by atoms with Gasteiger partial charge in [-0.25, -0.2) is 9.97 Å². The minimum atomic E-state index is 0.0470. The predicted octanol–water partition coefficient (Wildman–Crippen LogP) is 4.45. The zero-order valence-electron chi connectivity index (χ0n) is 15.2. The molecule has 0 radical (unpaired) electrons. The fourth-order valence-corrected chi connectivity index (χ4v) is 3.11. The molecule has 0 bridgehead atoms. The van der Waals surface area contributed by atoms with E-state index < -0.39 is 0 Å². The number of hydrogen-bond acceptors (Lipinski definition) is 2. The van der Waals surface area contributed by atoms with Crippen molar-refractivity contribution < 1.29 is 0 Å². The van der Waals surface area contributed by atoms with Crippen LogP contribution < -0.4 is 0 Å². The van der Waals surface area contributed by atoms with Gasteiger partial charge >= 0.3 is 0 Å². The highest BCUT2D eigenvalue weighted by Gasteiger charge is 2.20. The van der Waals surface area contributed by atoms with Gasteiger partial charge in [-0.2, -0.15) is 0 Å². The van der Waals surface area contributed by atoms with Crippen LogP contribution >= 0.6 is 0 Å². The Morgan fingerprint density at radius 1 is 1.17 bits per heavy atom. The lowest BCUT2D eigenvalue weighted by Gasteiger charge is -2.17. The van der Waals surface area contributed by atoms with Crippen LogP contribution in [0.3, 0.4) is 0 Å². The van der Waals surface area contributed by atoms with Crippen molar-refractivity contribution in [3.63, 3.8) is 0 Å². The van der Waals surface area contributed by atoms with Gasteiger partial charge in [0.15, 0.2) is 0 Å². The quantitative estimate of drug-likeness (QED) is 0.771. The average Bonchev–Trinajstić information content (AvgIpc) is 3.16. The average molecular weight is 322 g/mol. The zero-order chi connectivity index (χ0) is 17.3. The molecule has 0 unspecified atom stereocenters. The molecule has 0 fully saturated rings. The van der Waals surface area contributed by atoms with E-state index in [1.54, 1.807) is 0 Å². The number of aryl methyl sites for hydroxylation is 1. The van der Waals surface area contributed by atoms with Crippen molar-refractivity contribution >= 4 is 0 Å². The summed E-state index contributed by atoms with van der Waals surface area (Å²) in [6.45, 7) is 8.77. The molecule has 0 aliphatic rings. The summed E-state index contributed by atoms with van der Waals surface area (Å²) in [5.41, 5.74) is 3.56. The van der Waals surface area contributed by atoms with Crippen LogP contribution in [0, 0.1) is 0 Å². The van der Waals surface area contributed by atoms with Crippen LogP contribution in [0.4, 0.5) is 0 Å². The Labute approximate surface area is 144 Å². The number of nitrogens with one attached hydrogen (secondary N) is 1. The highest BCUT2D eigenvalue weighted by Crippen LogP contribution is 2.26. The van der Waals surface area contributed by atoms with Crippen LogP contribution in [0.15, 0.2) is 42.9 Å². The van der Waals surface area contributed by atoms with E-state index in [-0.39, 0.29) is 5.41 Å². The van der Waals surface area contributed by atoms with Gasteiger partial charge in [-0.15, -0.1) is 0 Å². The second-order valence-corrected chi connectivity index (χ2v) is 7.59. The highest BCUT2D eigenvalue weighted by atomic mass is 15.1. The second kappa shape index (κ2) is 6.27. The first kappa shape index (κ1) is 16.5. The summed E-state index contributed by atoms with van der Waals surface area (Å²) in [4.78, 5) is 12.4. The number of hydrogen-bond donors (Lipinski definition) is 1. The van der Waals surface area contributed by atoms with Crippen molar-refractivity contribution in [2.75, 3.05) is 0 Å². The minimum absolute atomic E-state index is 0.0470. The molecule has 0 amide bonds. The lowest BCUT2D eigenvalue weighted by Crippen LogP contribution is -2.17. The molecule has 0 aliphatic carbocycles. The Bertz CT molecular complexity index is 789. The van der Waals surface area contributed by atoms with E-state index in [0.717, 1.165) is 29.3 Å². The largest absolute Gasteiger partial charge is 0.348 e. The predicted molar refractivity (Wildman–Crippen MR) is 98.1 cm³/mol. The highest BCUT2D eigenvalue weighted by molar-refractivity contribution is 5.59. The lowest BCUT2D eigenvalue weighted by atomic mass is 9.96. The molecule has 1 atom stereocenters. The van der Waals surface area contributed by atoms with Gasteiger partial charge in [-0.1, -0.05) is 52.0 Å². The number of benzene rings is 1. The third kappa shape index (κ3) is 3.42. The van der Waals surface area contributed by atoms with Crippen LogP contribution in [0.1, 0.15) is 50.8 Å².